The Morgan fingerprint density at radius 1 is 1.03 bits per heavy atom. The zero-order chi connectivity index (χ0) is 27.1. The van der Waals surface area contributed by atoms with Crippen LogP contribution in [0.25, 0.3) is 0 Å². The number of amidine groups is 1. The molecule has 0 saturated heterocycles. The largest absolute Gasteiger partial charge is 0.493 e. The van der Waals surface area contributed by atoms with E-state index in [1.165, 1.54) is 33.1 Å². The Morgan fingerprint density at radius 3 is 2.30 bits per heavy atom. The van der Waals surface area contributed by atoms with Crippen LogP contribution >= 0.6 is 11.8 Å². The zero-order valence-corrected chi connectivity index (χ0v) is 23.0. The number of methoxy groups -OCH3 is 3. The second-order valence-electron chi connectivity index (χ2n) is 8.33. The van der Waals surface area contributed by atoms with Crippen molar-refractivity contribution >= 4 is 34.5 Å². The van der Waals surface area contributed by atoms with Gasteiger partial charge in [-0.1, -0.05) is 23.9 Å². The number of hydrogen-bond donors (Lipinski definition) is 2. The molecule has 2 aromatic carbocycles. The molecule has 0 unspecified atom stereocenters. The Kier molecular flexibility index (Phi) is 9.46. The summed E-state index contributed by atoms with van der Waals surface area (Å²) in [6.07, 6.45) is 0. The van der Waals surface area contributed by atoms with Gasteiger partial charge in [0, 0.05) is 11.4 Å². The smallest absolute Gasteiger partial charge is 0.338 e. The van der Waals surface area contributed by atoms with Gasteiger partial charge in [-0.15, -0.1) is 0 Å². The van der Waals surface area contributed by atoms with E-state index in [0.717, 1.165) is 16.8 Å². The number of carbonyl (C=O) groups excluding carboxylic acids is 2. The van der Waals surface area contributed by atoms with Crippen molar-refractivity contribution in [1.29, 1.82) is 0 Å². The minimum atomic E-state index is -0.710. The molecule has 0 bridgehead atoms. The lowest BCUT2D eigenvalue weighted by Crippen LogP contribution is -2.31. The summed E-state index contributed by atoms with van der Waals surface area (Å²) in [4.78, 5) is 30.4. The predicted octanol–water partition coefficient (Wildman–Crippen LogP) is 4.54. The van der Waals surface area contributed by atoms with Gasteiger partial charge >= 0.3 is 5.97 Å². The van der Waals surface area contributed by atoms with Crippen molar-refractivity contribution in [2.45, 2.75) is 33.7 Å². The number of amides is 1. The fraction of sp³-hybridized carbons (Fsp3) is 0.370. The third-order valence-electron chi connectivity index (χ3n) is 5.72. The lowest BCUT2D eigenvalue weighted by atomic mass is 9.96. The van der Waals surface area contributed by atoms with E-state index in [4.69, 9.17) is 23.9 Å². The first kappa shape index (κ1) is 27.9. The van der Waals surface area contributed by atoms with Crippen molar-refractivity contribution in [2.24, 2.45) is 4.99 Å². The number of allylic oxidation sites excluding steroid dienone is 1. The van der Waals surface area contributed by atoms with Crippen LogP contribution in [0.3, 0.4) is 0 Å². The van der Waals surface area contributed by atoms with E-state index < -0.39 is 12.0 Å². The quantitative estimate of drug-likeness (QED) is 0.458. The van der Waals surface area contributed by atoms with E-state index in [0.29, 0.717) is 39.2 Å². The predicted molar refractivity (Wildman–Crippen MR) is 146 cm³/mol. The molecule has 0 fully saturated rings. The SMILES string of the molecule is CCOC(=O)C1=C(C)NC(SCC(=O)Nc2cc(C)ccc2C)=N[C@H]1c1cc(OC)c(OC)c(OC)c1. The summed E-state index contributed by atoms with van der Waals surface area (Å²) in [5, 5.41) is 6.61. The molecule has 0 saturated carbocycles. The molecule has 1 atom stereocenters. The molecule has 1 aliphatic heterocycles. The van der Waals surface area contributed by atoms with Gasteiger partial charge in [-0.05, 0) is 62.6 Å². The molecule has 1 heterocycles. The molecule has 9 nitrogen and oxygen atoms in total. The van der Waals surface area contributed by atoms with Gasteiger partial charge in [0.25, 0.3) is 0 Å². The Morgan fingerprint density at radius 2 is 1.70 bits per heavy atom. The summed E-state index contributed by atoms with van der Waals surface area (Å²) in [6.45, 7) is 7.67. The highest BCUT2D eigenvalue weighted by molar-refractivity contribution is 8.14. The molecule has 0 aliphatic carbocycles. The summed E-state index contributed by atoms with van der Waals surface area (Å²) in [5.74, 6) is 0.797. The summed E-state index contributed by atoms with van der Waals surface area (Å²) in [7, 11) is 4.57. The average Bonchev–Trinajstić information content (AvgIpc) is 2.88. The van der Waals surface area contributed by atoms with Crippen LogP contribution in [-0.2, 0) is 14.3 Å². The first-order valence-corrected chi connectivity index (χ1v) is 12.7. The van der Waals surface area contributed by atoms with E-state index in [-0.39, 0.29) is 18.3 Å². The topological polar surface area (TPSA) is 107 Å². The van der Waals surface area contributed by atoms with Crippen molar-refractivity contribution in [3.8, 4) is 17.2 Å². The Bertz CT molecular complexity index is 1220. The number of hydrogen-bond acceptors (Lipinski definition) is 9. The summed E-state index contributed by atoms with van der Waals surface area (Å²) < 4.78 is 21.8. The van der Waals surface area contributed by atoms with Crippen molar-refractivity contribution in [1.82, 2.24) is 5.32 Å². The van der Waals surface area contributed by atoms with Gasteiger partial charge in [0.05, 0.1) is 39.3 Å². The first-order valence-electron chi connectivity index (χ1n) is 11.7. The number of nitrogens with one attached hydrogen (secondary N) is 2. The van der Waals surface area contributed by atoms with Crippen LogP contribution in [0.2, 0.25) is 0 Å². The van der Waals surface area contributed by atoms with Crippen LogP contribution in [0.1, 0.15) is 36.6 Å². The lowest BCUT2D eigenvalue weighted by Gasteiger charge is -2.26. The number of aliphatic imine (C=N–C) groups is 1. The monoisotopic (exact) mass is 527 g/mol. The van der Waals surface area contributed by atoms with Crippen LogP contribution in [0.5, 0.6) is 17.2 Å². The molecular formula is C27H33N3O6S. The maximum absolute atomic E-state index is 12.9. The van der Waals surface area contributed by atoms with Crippen molar-refractivity contribution < 1.29 is 28.5 Å². The van der Waals surface area contributed by atoms with E-state index in [1.807, 2.05) is 32.0 Å². The maximum atomic E-state index is 12.9. The van der Waals surface area contributed by atoms with Gasteiger partial charge in [-0.3, -0.25) is 4.79 Å². The lowest BCUT2D eigenvalue weighted by molar-refractivity contribution is -0.139. The molecule has 2 N–H and O–H groups in total. The van der Waals surface area contributed by atoms with Gasteiger partial charge in [-0.2, -0.15) is 0 Å². The van der Waals surface area contributed by atoms with Gasteiger partial charge in [0.2, 0.25) is 11.7 Å². The van der Waals surface area contributed by atoms with Crippen LogP contribution in [0, 0.1) is 13.8 Å². The standard InChI is InChI=1S/C27H33N3O6S/c1-8-36-26(32)23-17(4)28-27(37-14-22(31)29-19-11-15(2)9-10-16(19)3)30-24(23)18-12-20(33-5)25(35-7)21(13-18)34-6/h9-13,24H,8,14H2,1-7H3,(H,28,30)(H,29,31)/t24-/m0/s1. The number of aryl methyl sites for hydroxylation is 2. The highest BCUT2D eigenvalue weighted by Gasteiger charge is 2.32. The molecule has 0 spiro atoms. The number of rotatable bonds is 9. The van der Waals surface area contributed by atoms with Crippen molar-refractivity contribution in [2.75, 3.05) is 39.0 Å². The first-order chi connectivity index (χ1) is 17.7. The number of carbonyl (C=O) groups is 2. The molecule has 10 heteroatoms. The van der Waals surface area contributed by atoms with Crippen LogP contribution in [0.15, 0.2) is 46.6 Å². The third-order valence-corrected chi connectivity index (χ3v) is 6.61. The van der Waals surface area contributed by atoms with Gasteiger partial charge in [0.1, 0.15) is 6.04 Å². The maximum Gasteiger partial charge on any atom is 0.338 e. The van der Waals surface area contributed by atoms with Gasteiger partial charge in [-0.25, -0.2) is 9.79 Å². The third kappa shape index (κ3) is 6.56. The fourth-order valence-corrected chi connectivity index (χ4v) is 4.63. The van der Waals surface area contributed by atoms with Crippen molar-refractivity contribution in [3.05, 3.63) is 58.3 Å². The van der Waals surface area contributed by atoms with Gasteiger partial charge in [0.15, 0.2) is 16.7 Å². The fourth-order valence-electron chi connectivity index (χ4n) is 3.88. The van der Waals surface area contributed by atoms with E-state index in [9.17, 15) is 9.59 Å². The molecule has 3 rings (SSSR count). The van der Waals surface area contributed by atoms with Crippen molar-refractivity contribution in [3.63, 3.8) is 0 Å². The number of thioether (sulfide) groups is 1. The number of anilines is 1. The Labute approximate surface area is 221 Å². The van der Waals surface area contributed by atoms with Crippen LogP contribution in [-0.4, -0.2) is 50.7 Å². The van der Waals surface area contributed by atoms with Crippen LogP contribution < -0.4 is 24.8 Å². The summed E-state index contributed by atoms with van der Waals surface area (Å²) in [6, 6.07) is 8.70. The summed E-state index contributed by atoms with van der Waals surface area (Å²) in [5.41, 5.74) is 4.42. The number of esters is 1. The number of benzene rings is 2. The number of ether oxygens (including phenoxy) is 4. The van der Waals surface area contributed by atoms with E-state index in [2.05, 4.69) is 10.6 Å². The zero-order valence-electron chi connectivity index (χ0n) is 22.2. The second-order valence-corrected chi connectivity index (χ2v) is 9.30. The molecular weight excluding hydrogens is 494 g/mol. The normalized spacial score (nSPS) is 14.9. The highest BCUT2D eigenvalue weighted by atomic mass is 32.2. The highest BCUT2D eigenvalue weighted by Crippen LogP contribution is 2.43. The van der Waals surface area contributed by atoms with E-state index in [1.54, 1.807) is 26.0 Å². The second kappa shape index (κ2) is 12.5. The minimum Gasteiger partial charge on any atom is -0.493 e. The van der Waals surface area contributed by atoms with E-state index >= 15 is 0 Å². The molecule has 1 amide bonds. The Hall–Kier alpha value is -3.66. The van der Waals surface area contributed by atoms with Crippen LogP contribution in [0.4, 0.5) is 5.69 Å². The molecule has 37 heavy (non-hydrogen) atoms. The molecule has 2 aromatic rings. The summed E-state index contributed by atoms with van der Waals surface area (Å²) >= 11 is 1.24. The van der Waals surface area contributed by atoms with Gasteiger partial charge < -0.3 is 29.6 Å². The molecule has 198 valence electrons. The molecule has 0 radical (unpaired) electrons. The molecule has 0 aromatic heterocycles. The Balaban J connectivity index is 1.91. The average molecular weight is 528 g/mol. The molecule has 1 aliphatic rings. The number of nitrogens with zero attached hydrogens (tertiary/aromatic N) is 1. The minimum absolute atomic E-state index is 0.128.